The van der Waals surface area contributed by atoms with Crippen LogP contribution in [0.15, 0.2) is 99.7 Å². The van der Waals surface area contributed by atoms with Crippen LogP contribution in [-0.4, -0.2) is 22.7 Å². The van der Waals surface area contributed by atoms with Crippen molar-refractivity contribution in [2.45, 2.75) is 31.7 Å². The van der Waals surface area contributed by atoms with E-state index in [1.54, 1.807) is 16.3 Å². The van der Waals surface area contributed by atoms with E-state index in [0.29, 0.717) is 39.1 Å². The summed E-state index contributed by atoms with van der Waals surface area (Å²) in [7, 11) is 0. The Morgan fingerprint density at radius 1 is 0.868 bits per heavy atom. The minimum atomic E-state index is -0.213. The van der Waals surface area contributed by atoms with Crippen LogP contribution in [0.2, 0.25) is 0 Å². The number of rotatable bonds is 5. The van der Waals surface area contributed by atoms with Gasteiger partial charge < -0.3 is 4.90 Å². The maximum Gasteiger partial charge on any atom is 0.283 e. The Morgan fingerprint density at radius 3 is 2.29 bits per heavy atom. The van der Waals surface area contributed by atoms with Gasteiger partial charge in [0.25, 0.3) is 11.5 Å². The van der Waals surface area contributed by atoms with Crippen molar-refractivity contribution < 1.29 is 4.79 Å². The maximum absolute atomic E-state index is 14.1. The normalized spacial score (nSPS) is 17.7. The van der Waals surface area contributed by atoms with Crippen LogP contribution < -0.4 is 24.7 Å². The van der Waals surface area contributed by atoms with E-state index in [1.165, 1.54) is 16.3 Å². The van der Waals surface area contributed by atoms with Gasteiger partial charge in [0.05, 0.1) is 22.7 Å². The van der Waals surface area contributed by atoms with Crippen molar-refractivity contribution in [1.29, 1.82) is 0 Å². The molecular formula is C30H26N4O2S2. The summed E-state index contributed by atoms with van der Waals surface area (Å²) in [5.41, 5.74) is 3.98. The highest BCUT2D eigenvalue weighted by Gasteiger charge is 2.32. The van der Waals surface area contributed by atoms with E-state index < -0.39 is 0 Å². The molecule has 0 bridgehead atoms. The Bertz CT molecular complexity index is 1740. The molecule has 6 rings (SSSR count). The molecule has 0 atom stereocenters. The SMILES string of the molecule is CCN1C(=c2sc(=C3C(=O)N(c4ccccc4)N=C3C)n(CCc3ccccc3)c2=O)Sc2ccccc21. The van der Waals surface area contributed by atoms with E-state index in [-0.39, 0.29) is 11.5 Å². The van der Waals surface area contributed by atoms with E-state index in [9.17, 15) is 9.59 Å². The van der Waals surface area contributed by atoms with Gasteiger partial charge >= 0.3 is 0 Å². The molecule has 4 aromatic rings. The molecule has 0 fully saturated rings. The number of hydrogen-bond acceptors (Lipinski definition) is 6. The molecule has 6 nitrogen and oxygen atoms in total. The number of thioether (sulfide) groups is 1. The predicted octanol–water partition coefficient (Wildman–Crippen LogP) is 4.42. The van der Waals surface area contributed by atoms with Crippen LogP contribution in [0, 0.1) is 0 Å². The van der Waals surface area contributed by atoms with Crippen molar-refractivity contribution in [2.75, 3.05) is 16.5 Å². The minimum absolute atomic E-state index is 0.0686. The second-order valence-electron chi connectivity index (χ2n) is 9.06. The molecule has 2 aliphatic heterocycles. The monoisotopic (exact) mass is 538 g/mol. The fourth-order valence-electron chi connectivity index (χ4n) is 4.83. The molecule has 3 aromatic carbocycles. The molecule has 0 aliphatic carbocycles. The second-order valence-corrected chi connectivity index (χ2v) is 11.1. The van der Waals surface area contributed by atoms with Gasteiger partial charge in [-0.2, -0.15) is 10.1 Å². The van der Waals surface area contributed by atoms with E-state index in [0.717, 1.165) is 27.7 Å². The summed E-state index contributed by atoms with van der Waals surface area (Å²) >= 11 is 3.01. The molecule has 0 radical (unpaired) electrons. The zero-order chi connectivity index (χ0) is 26.2. The summed E-state index contributed by atoms with van der Waals surface area (Å²) in [5, 5.41) is 6.94. The smallest absolute Gasteiger partial charge is 0.283 e. The Balaban J connectivity index is 1.55. The molecule has 8 heteroatoms. The number of hydrazone groups is 1. The molecule has 0 spiro atoms. The van der Waals surface area contributed by atoms with E-state index in [4.69, 9.17) is 0 Å². The van der Waals surface area contributed by atoms with Crippen molar-refractivity contribution >= 4 is 56.7 Å². The first-order valence-electron chi connectivity index (χ1n) is 12.6. The Kier molecular flexibility index (Phi) is 6.51. The predicted molar refractivity (Wildman–Crippen MR) is 157 cm³/mol. The topological polar surface area (TPSA) is 57.9 Å². The molecule has 1 amide bonds. The molecule has 0 saturated heterocycles. The minimum Gasteiger partial charge on any atom is -0.334 e. The Morgan fingerprint density at radius 2 is 1.55 bits per heavy atom. The van der Waals surface area contributed by atoms with Crippen LogP contribution in [0.3, 0.4) is 0 Å². The summed E-state index contributed by atoms with van der Waals surface area (Å²) in [6, 6.07) is 27.7. The third-order valence-electron chi connectivity index (χ3n) is 6.70. The Hall–Kier alpha value is -3.88. The molecule has 38 heavy (non-hydrogen) atoms. The summed E-state index contributed by atoms with van der Waals surface area (Å²) in [6.07, 6.45) is 0.685. The number of fused-ring (bicyclic) bond motifs is 1. The summed E-state index contributed by atoms with van der Waals surface area (Å²) in [5.74, 6) is -0.213. The van der Waals surface area contributed by atoms with Crippen LogP contribution in [0.1, 0.15) is 19.4 Å². The van der Waals surface area contributed by atoms with E-state index >= 15 is 0 Å². The van der Waals surface area contributed by atoms with Gasteiger partial charge in [-0.15, -0.1) is 11.3 Å². The largest absolute Gasteiger partial charge is 0.334 e. The standard InChI is InChI=1S/C30H26N4O2S2/c1-3-32-23-16-10-11-17-24(23)37-30(32)26-28(36)33(19-18-21-12-6-4-7-13-21)29(38-26)25-20(2)31-34(27(25)35)22-14-8-5-9-15-22/h4-17H,3,18-19H2,1-2H3. The lowest BCUT2D eigenvalue weighted by Gasteiger charge is -2.16. The zero-order valence-corrected chi connectivity index (χ0v) is 22.8. The first kappa shape index (κ1) is 24.5. The number of hydrogen-bond donors (Lipinski definition) is 0. The van der Waals surface area contributed by atoms with Crippen LogP contribution in [0.25, 0.3) is 10.6 Å². The lowest BCUT2D eigenvalue weighted by Crippen LogP contribution is -2.36. The van der Waals surface area contributed by atoms with Crippen LogP contribution in [0.4, 0.5) is 11.4 Å². The van der Waals surface area contributed by atoms with Crippen LogP contribution in [0.5, 0.6) is 0 Å². The lowest BCUT2D eigenvalue weighted by atomic mass is 10.1. The van der Waals surface area contributed by atoms with Crippen molar-refractivity contribution in [1.82, 2.24) is 4.57 Å². The lowest BCUT2D eigenvalue weighted by molar-refractivity contribution is -0.112. The molecule has 2 aliphatic rings. The summed E-state index contributed by atoms with van der Waals surface area (Å²) in [6.45, 7) is 5.15. The van der Waals surface area contributed by atoms with Gasteiger partial charge in [0.15, 0.2) is 0 Å². The van der Waals surface area contributed by atoms with Gasteiger partial charge in [0, 0.05) is 18.0 Å². The van der Waals surface area contributed by atoms with Gasteiger partial charge in [0.1, 0.15) is 14.2 Å². The number of para-hydroxylation sites is 2. The molecule has 3 heterocycles. The number of benzene rings is 3. The zero-order valence-electron chi connectivity index (χ0n) is 21.1. The number of aromatic nitrogens is 1. The number of aryl methyl sites for hydroxylation is 1. The second kappa shape index (κ2) is 10.1. The number of nitrogens with zero attached hydrogens (tertiary/aromatic N) is 4. The number of carbonyl (C=O) groups excluding carboxylic acids is 1. The first-order valence-corrected chi connectivity index (χ1v) is 14.2. The number of carbonyl (C=O) groups is 1. The first-order chi connectivity index (χ1) is 18.6. The molecule has 0 unspecified atom stereocenters. The van der Waals surface area contributed by atoms with Gasteiger partial charge in [0.2, 0.25) is 0 Å². The van der Waals surface area contributed by atoms with Gasteiger partial charge in [-0.3, -0.25) is 14.2 Å². The average molecular weight is 539 g/mol. The molecule has 190 valence electrons. The van der Waals surface area contributed by atoms with E-state index in [1.807, 2.05) is 67.6 Å². The van der Waals surface area contributed by atoms with Crippen molar-refractivity contribution in [3.05, 3.63) is 110 Å². The number of thiazole rings is 1. The number of anilines is 2. The van der Waals surface area contributed by atoms with Crippen molar-refractivity contribution in [2.24, 2.45) is 5.10 Å². The van der Waals surface area contributed by atoms with Crippen LogP contribution in [-0.2, 0) is 17.8 Å². The van der Waals surface area contributed by atoms with Gasteiger partial charge in [-0.1, -0.05) is 72.4 Å². The highest BCUT2D eigenvalue weighted by atomic mass is 32.2. The van der Waals surface area contributed by atoms with Gasteiger partial charge in [-0.05, 0) is 50.1 Å². The molecule has 0 saturated carbocycles. The summed E-state index contributed by atoms with van der Waals surface area (Å²) < 4.78 is 3.09. The molecular weight excluding hydrogens is 512 g/mol. The fraction of sp³-hybridized carbons (Fsp3) is 0.167. The molecule has 0 N–H and O–H groups in total. The third kappa shape index (κ3) is 4.19. The Labute approximate surface area is 228 Å². The third-order valence-corrected chi connectivity index (χ3v) is 9.20. The van der Waals surface area contributed by atoms with E-state index in [2.05, 4.69) is 41.2 Å². The van der Waals surface area contributed by atoms with Crippen molar-refractivity contribution in [3.8, 4) is 0 Å². The number of amides is 1. The van der Waals surface area contributed by atoms with Gasteiger partial charge in [-0.25, -0.2) is 0 Å². The molecule has 1 aromatic heterocycles. The van der Waals surface area contributed by atoms with Crippen molar-refractivity contribution in [3.63, 3.8) is 0 Å². The highest BCUT2D eigenvalue weighted by Crippen LogP contribution is 2.45. The fourth-order valence-corrected chi connectivity index (χ4v) is 7.45. The maximum atomic E-state index is 14.1. The van der Waals surface area contributed by atoms with Crippen LogP contribution >= 0.6 is 23.1 Å². The summed E-state index contributed by atoms with van der Waals surface area (Å²) in [4.78, 5) is 31.1. The average Bonchev–Trinajstić information content (AvgIpc) is 3.58. The highest BCUT2D eigenvalue weighted by molar-refractivity contribution is 8.08. The quantitative estimate of drug-likeness (QED) is 0.378.